The number of anilines is 1. The molecule has 0 spiro atoms. The number of aromatic nitrogens is 3. The minimum Gasteiger partial charge on any atom is -0.495 e. The van der Waals surface area contributed by atoms with Crippen molar-refractivity contribution in [2.24, 2.45) is 13.0 Å². The molecular formula is C23H24Cl3N5O3S. The van der Waals surface area contributed by atoms with E-state index in [0.29, 0.717) is 38.0 Å². The Morgan fingerprint density at radius 2 is 1.77 bits per heavy atom. The lowest BCUT2D eigenvalue weighted by Crippen LogP contribution is -2.33. The van der Waals surface area contributed by atoms with Crippen LogP contribution >= 0.6 is 46.6 Å². The number of nitrogens with zero attached hydrogens (tertiary/aromatic N) is 3. The summed E-state index contributed by atoms with van der Waals surface area (Å²) in [5.74, 6) is 0.539. The highest BCUT2D eigenvalue weighted by molar-refractivity contribution is 7.99. The van der Waals surface area contributed by atoms with Crippen LogP contribution in [0.25, 0.3) is 0 Å². The minimum atomic E-state index is -0.439. The second kappa shape index (κ2) is 12.0. The topological polar surface area (TPSA) is 98.1 Å². The van der Waals surface area contributed by atoms with Crippen LogP contribution in [-0.4, -0.2) is 39.4 Å². The molecule has 0 aliphatic rings. The molecule has 0 unspecified atom stereocenters. The summed E-state index contributed by atoms with van der Waals surface area (Å²) < 4.78 is 7.01. The first-order valence-corrected chi connectivity index (χ1v) is 12.6. The Labute approximate surface area is 222 Å². The van der Waals surface area contributed by atoms with Crippen LogP contribution in [0, 0.1) is 5.92 Å². The van der Waals surface area contributed by atoms with Crippen molar-refractivity contribution in [2.75, 3.05) is 18.2 Å². The largest absolute Gasteiger partial charge is 0.495 e. The number of thioether (sulfide) groups is 1. The van der Waals surface area contributed by atoms with Gasteiger partial charge >= 0.3 is 0 Å². The van der Waals surface area contributed by atoms with E-state index in [1.165, 1.54) is 24.9 Å². The lowest BCUT2D eigenvalue weighted by Gasteiger charge is -2.22. The van der Waals surface area contributed by atoms with Gasteiger partial charge in [-0.1, -0.05) is 60.4 Å². The summed E-state index contributed by atoms with van der Waals surface area (Å²) in [5.41, 5.74) is 0.791. The highest BCUT2D eigenvalue weighted by Gasteiger charge is 2.26. The predicted octanol–water partition coefficient (Wildman–Crippen LogP) is 5.64. The molecule has 2 amide bonds. The van der Waals surface area contributed by atoms with Gasteiger partial charge in [-0.15, -0.1) is 10.2 Å². The molecule has 1 heterocycles. The molecule has 0 aliphatic heterocycles. The number of nitrogens with one attached hydrogen (secondary N) is 2. The summed E-state index contributed by atoms with van der Waals surface area (Å²) in [4.78, 5) is 25.4. The number of benzene rings is 2. The molecule has 8 nitrogen and oxygen atoms in total. The lowest BCUT2D eigenvalue weighted by molar-refractivity contribution is -0.113. The summed E-state index contributed by atoms with van der Waals surface area (Å²) in [6, 6.07) is 9.23. The first-order valence-electron chi connectivity index (χ1n) is 10.5. The minimum absolute atomic E-state index is 0.00404. The van der Waals surface area contributed by atoms with Crippen LogP contribution in [0.2, 0.25) is 15.1 Å². The van der Waals surface area contributed by atoms with Crippen molar-refractivity contribution in [1.82, 2.24) is 20.1 Å². The van der Waals surface area contributed by atoms with Crippen LogP contribution in [0.4, 0.5) is 5.69 Å². The van der Waals surface area contributed by atoms with E-state index in [0.717, 1.165) is 0 Å². The standard InChI is InChI=1S/C23H24Cl3N5O3S/c1-12(2)20(28-22(33)15-7-5-13(24)9-16(15)26)21-29-30-23(31(21)3)35-11-19(32)27-17-10-14(25)6-8-18(17)34-4/h5-10,12,20H,11H2,1-4H3,(H,27,32)(H,28,33)/t20-/m1/s1. The molecule has 0 radical (unpaired) electrons. The summed E-state index contributed by atoms with van der Waals surface area (Å²) in [6.07, 6.45) is 0. The maximum absolute atomic E-state index is 12.9. The van der Waals surface area contributed by atoms with Gasteiger partial charge in [-0.3, -0.25) is 9.59 Å². The van der Waals surface area contributed by atoms with E-state index in [9.17, 15) is 9.59 Å². The number of hydrogen-bond acceptors (Lipinski definition) is 6. The Morgan fingerprint density at radius 3 is 2.43 bits per heavy atom. The zero-order valence-electron chi connectivity index (χ0n) is 19.4. The van der Waals surface area contributed by atoms with Crippen molar-refractivity contribution in [3.8, 4) is 5.75 Å². The number of amides is 2. The molecule has 0 saturated heterocycles. The molecule has 35 heavy (non-hydrogen) atoms. The van der Waals surface area contributed by atoms with Gasteiger partial charge in [-0.25, -0.2) is 0 Å². The van der Waals surface area contributed by atoms with E-state index in [4.69, 9.17) is 39.5 Å². The quantitative estimate of drug-likeness (QED) is 0.331. The summed E-state index contributed by atoms with van der Waals surface area (Å²) >= 11 is 19.4. The Kier molecular flexibility index (Phi) is 9.29. The molecule has 1 aromatic heterocycles. The number of halogens is 3. The molecule has 0 bridgehead atoms. The fourth-order valence-corrected chi connectivity index (χ4v) is 4.62. The van der Waals surface area contributed by atoms with Gasteiger partial charge in [-0.05, 0) is 42.3 Å². The van der Waals surface area contributed by atoms with E-state index in [1.807, 2.05) is 13.8 Å². The fraction of sp³-hybridized carbons (Fsp3) is 0.304. The first kappa shape index (κ1) is 27.1. The SMILES string of the molecule is COc1ccc(Cl)cc1NC(=O)CSc1nnc([C@H](NC(=O)c2ccc(Cl)cc2Cl)C(C)C)n1C. The second-order valence-electron chi connectivity index (χ2n) is 7.90. The van der Waals surface area contributed by atoms with Crippen LogP contribution in [0.1, 0.15) is 36.1 Å². The molecule has 1 atom stereocenters. The summed E-state index contributed by atoms with van der Waals surface area (Å²) in [5, 5.41) is 16.0. The van der Waals surface area contributed by atoms with Gasteiger partial charge in [0.1, 0.15) is 5.75 Å². The van der Waals surface area contributed by atoms with Crippen molar-refractivity contribution >= 4 is 64.1 Å². The van der Waals surface area contributed by atoms with Crippen LogP contribution in [0.3, 0.4) is 0 Å². The Morgan fingerprint density at radius 1 is 1.09 bits per heavy atom. The molecule has 186 valence electrons. The molecule has 3 aromatic rings. The highest BCUT2D eigenvalue weighted by Crippen LogP contribution is 2.29. The second-order valence-corrected chi connectivity index (χ2v) is 10.1. The fourth-order valence-electron chi connectivity index (χ4n) is 3.24. The van der Waals surface area contributed by atoms with Gasteiger partial charge in [0, 0.05) is 17.1 Å². The van der Waals surface area contributed by atoms with Gasteiger partial charge < -0.3 is 19.9 Å². The first-order chi connectivity index (χ1) is 16.6. The molecule has 12 heteroatoms. The molecule has 0 aliphatic carbocycles. The van der Waals surface area contributed by atoms with Crippen molar-refractivity contribution in [1.29, 1.82) is 0 Å². The zero-order chi connectivity index (χ0) is 25.7. The molecule has 3 rings (SSSR count). The Balaban J connectivity index is 1.70. The van der Waals surface area contributed by atoms with Crippen molar-refractivity contribution in [3.63, 3.8) is 0 Å². The van der Waals surface area contributed by atoms with E-state index in [2.05, 4.69) is 20.8 Å². The molecule has 2 N–H and O–H groups in total. The number of carbonyl (C=O) groups is 2. The predicted molar refractivity (Wildman–Crippen MR) is 140 cm³/mol. The van der Waals surface area contributed by atoms with Crippen LogP contribution in [0.15, 0.2) is 41.6 Å². The normalized spacial score (nSPS) is 11.9. The summed E-state index contributed by atoms with van der Waals surface area (Å²) in [7, 11) is 3.30. The smallest absolute Gasteiger partial charge is 0.253 e. The Hall–Kier alpha value is -2.46. The van der Waals surface area contributed by atoms with Crippen molar-refractivity contribution in [3.05, 3.63) is 62.9 Å². The third-order valence-electron chi connectivity index (χ3n) is 5.04. The molecule has 0 fully saturated rings. The van der Waals surface area contributed by atoms with Crippen molar-refractivity contribution in [2.45, 2.75) is 25.0 Å². The van der Waals surface area contributed by atoms with Gasteiger partial charge in [0.05, 0.1) is 35.2 Å². The van der Waals surface area contributed by atoms with E-state index < -0.39 is 6.04 Å². The highest BCUT2D eigenvalue weighted by atomic mass is 35.5. The van der Waals surface area contributed by atoms with Crippen LogP contribution in [0.5, 0.6) is 5.75 Å². The number of hydrogen-bond donors (Lipinski definition) is 2. The van der Waals surface area contributed by atoms with Gasteiger partial charge in [0.2, 0.25) is 5.91 Å². The zero-order valence-corrected chi connectivity index (χ0v) is 22.5. The van der Waals surface area contributed by atoms with Crippen LogP contribution in [-0.2, 0) is 11.8 Å². The number of ether oxygens (including phenoxy) is 1. The third kappa shape index (κ3) is 6.82. The van der Waals surface area contributed by atoms with Crippen LogP contribution < -0.4 is 15.4 Å². The van der Waals surface area contributed by atoms with Gasteiger partial charge in [-0.2, -0.15) is 0 Å². The maximum atomic E-state index is 12.9. The van der Waals surface area contributed by atoms with E-state index in [-0.39, 0.29) is 28.5 Å². The van der Waals surface area contributed by atoms with Gasteiger partial charge in [0.15, 0.2) is 11.0 Å². The summed E-state index contributed by atoms with van der Waals surface area (Å²) in [6.45, 7) is 3.92. The third-order valence-corrected chi connectivity index (χ3v) is 6.85. The average molecular weight is 557 g/mol. The molecule has 2 aromatic carbocycles. The average Bonchev–Trinajstić information content (AvgIpc) is 3.15. The molecular weight excluding hydrogens is 533 g/mol. The maximum Gasteiger partial charge on any atom is 0.253 e. The molecule has 0 saturated carbocycles. The van der Waals surface area contributed by atoms with Gasteiger partial charge in [0.25, 0.3) is 5.91 Å². The van der Waals surface area contributed by atoms with E-state index in [1.54, 1.807) is 41.9 Å². The van der Waals surface area contributed by atoms with Crippen molar-refractivity contribution < 1.29 is 14.3 Å². The monoisotopic (exact) mass is 555 g/mol. The number of rotatable bonds is 9. The lowest BCUT2D eigenvalue weighted by atomic mass is 10.0. The number of carbonyl (C=O) groups excluding carboxylic acids is 2. The Bertz CT molecular complexity index is 1240. The van der Waals surface area contributed by atoms with E-state index >= 15 is 0 Å². The number of methoxy groups -OCH3 is 1.